The summed E-state index contributed by atoms with van der Waals surface area (Å²) in [4.78, 5) is 31.2. The van der Waals surface area contributed by atoms with Gasteiger partial charge in [-0.1, -0.05) is 17.7 Å². The summed E-state index contributed by atoms with van der Waals surface area (Å²) < 4.78 is 6.87. The van der Waals surface area contributed by atoms with Gasteiger partial charge in [-0.25, -0.2) is 4.98 Å². The molecule has 1 amide bonds. The van der Waals surface area contributed by atoms with Crippen molar-refractivity contribution in [3.63, 3.8) is 0 Å². The molecule has 4 rings (SSSR count). The zero-order valence-corrected chi connectivity index (χ0v) is 17.5. The Morgan fingerprint density at radius 3 is 2.79 bits per heavy atom. The number of amides is 1. The molecule has 29 heavy (non-hydrogen) atoms. The number of hydrogen-bond donors (Lipinski definition) is 1. The van der Waals surface area contributed by atoms with Crippen molar-refractivity contribution in [3.05, 3.63) is 68.9 Å². The third-order valence-corrected chi connectivity index (χ3v) is 6.21. The molecule has 0 saturated heterocycles. The fraction of sp³-hybridized carbons (Fsp3) is 0.150. The molecule has 3 heterocycles. The molecule has 1 aromatic carbocycles. The smallest absolute Gasteiger partial charge is 0.263 e. The van der Waals surface area contributed by atoms with Crippen molar-refractivity contribution in [2.75, 3.05) is 13.2 Å². The molecule has 1 N–H and O–H groups in total. The summed E-state index contributed by atoms with van der Waals surface area (Å²) in [5, 5.41) is 7.84. The first kappa shape index (κ1) is 19.6. The molecule has 0 aliphatic carbocycles. The molecule has 9 heteroatoms. The highest BCUT2D eigenvalue weighted by Crippen LogP contribution is 2.33. The van der Waals surface area contributed by atoms with E-state index < -0.39 is 0 Å². The molecule has 0 unspecified atom stereocenters. The maximum atomic E-state index is 12.9. The van der Waals surface area contributed by atoms with Gasteiger partial charge < -0.3 is 10.1 Å². The number of aromatic nitrogens is 2. The molecule has 0 spiro atoms. The lowest BCUT2D eigenvalue weighted by atomic mass is 10.2. The van der Waals surface area contributed by atoms with Crippen molar-refractivity contribution in [1.82, 2.24) is 14.9 Å². The summed E-state index contributed by atoms with van der Waals surface area (Å²) in [6.07, 6.45) is 1.42. The summed E-state index contributed by atoms with van der Waals surface area (Å²) in [7, 11) is 0. The van der Waals surface area contributed by atoms with E-state index in [-0.39, 0.29) is 18.0 Å². The Balaban J connectivity index is 1.39. The molecule has 0 fully saturated rings. The van der Waals surface area contributed by atoms with Gasteiger partial charge in [-0.3, -0.25) is 14.2 Å². The largest absolute Gasteiger partial charge is 0.492 e. The van der Waals surface area contributed by atoms with Crippen LogP contribution in [0.2, 0.25) is 5.02 Å². The Bertz CT molecular complexity index is 1180. The molecule has 0 radical (unpaired) electrons. The minimum atomic E-state index is -0.277. The average Bonchev–Trinajstić information content (AvgIpc) is 3.38. The number of nitrogens with zero attached hydrogens (tertiary/aromatic N) is 2. The summed E-state index contributed by atoms with van der Waals surface area (Å²) >= 11 is 8.82. The zero-order chi connectivity index (χ0) is 20.2. The molecule has 0 atom stereocenters. The maximum Gasteiger partial charge on any atom is 0.263 e. The second-order valence-electron chi connectivity index (χ2n) is 6.14. The molecule has 0 aliphatic heterocycles. The summed E-state index contributed by atoms with van der Waals surface area (Å²) in [6, 6.07) is 10.9. The van der Waals surface area contributed by atoms with Crippen molar-refractivity contribution >= 4 is 50.4 Å². The molecular weight excluding hydrogens is 430 g/mol. The highest BCUT2D eigenvalue weighted by Gasteiger charge is 2.15. The minimum Gasteiger partial charge on any atom is -0.492 e. The van der Waals surface area contributed by atoms with Crippen molar-refractivity contribution in [2.24, 2.45) is 0 Å². The number of carbonyl (C=O) groups excluding carboxylic acids is 1. The Morgan fingerprint density at radius 2 is 2.03 bits per heavy atom. The van der Waals surface area contributed by atoms with Crippen molar-refractivity contribution < 1.29 is 9.53 Å². The van der Waals surface area contributed by atoms with Gasteiger partial charge in [-0.2, -0.15) is 0 Å². The lowest BCUT2D eigenvalue weighted by molar-refractivity contribution is -0.121. The van der Waals surface area contributed by atoms with Crippen LogP contribution in [0.15, 0.2) is 58.3 Å². The molecule has 0 saturated carbocycles. The summed E-state index contributed by atoms with van der Waals surface area (Å²) in [5.41, 5.74) is 0.649. The van der Waals surface area contributed by atoms with Crippen LogP contribution in [-0.2, 0) is 11.3 Å². The number of hydrogen-bond acceptors (Lipinski definition) is 6. The fourth-order valence-corrected chi connectivity index (χ4v) is 4.64. The first-order valence-corrected chi connectivity index (χ1v) is 10.9. The van der Waals surface area contributed by atoms with Crippen LogP contribution in [0.1, 0.15) is 0 Å². The second-order valence-corrected chi connectivity index (χ2v) is 8.38. The van der Waals surface area contributed by atoms with Crippen molar-refractivity contribution in [1.29, 1.82) is 0 Å². The SMILES string of the molecule is O=C(Cn1cnc2scc(-c3cccs3)c2c1=O)NCCOc1ccc(Cl)cc1. The molecule has 6 nitrogen and oxygen atoms in total. The predicted octanol–water partition coefficient (Wildman–Crippen LogP) is 4.04. The van der Waals surface area contributed by atoms with E-state index in [9.17, 15) is 9.59 Å². The van der Waals surface area contributed by atoms with E-state index in [2.05, 4.69) is 10.3 Å². The number of halogens is 1. The van der Waals surface area contributed by atoms with E-state index in [0.717, 1.165) is 10.4 Å². The van der Waals surface area contributed by atoms with Crippen LogP contribution >= 0.6 is 34.3 Å². The van der Waals surface area contributed by atoms with Gasteiger partial charge in [0, 0.05) is 20.8 Å². The number of nitrogens with one attached hydrogen (secondary N) is 1. The fourth-order valence-electron chi connectivity index (χ4n) is 2.79. The molecule has 148 valence electrons. The molecule has 0 bridgehead atoms. The average molecular weight is 446 g/mol. The zero-order valence-electron chi connectivity index (χ0n) is 15.1. The van der Waals surface area contributed by atoms with E-state index in [1.54, 1.807) is 35.6 Å². The van der Waals surface area contributed by atoms with Gasteiger partial charge in [0.15, 0.2) is 0 Å². The Labute approximate surface area is 179 Å². The highest BCUT2D eigenvalue weighted by molar-refractivity contribution is 7.18. The molecule has 0 aliphatic rings. The molecule has 4 aromatic rings. The minimum absolute atomic E-state index is 0.0948. The third kappa shape index (κ3) is 4.50. The van der Waals surface area contributed by atoms with Crippen LogP contribution in [0.4, 0.5) is 0 Å². The number of fused-ring (bicyclic) bond motifs is 1. The van der Waals surface area contributed by atoms with Crippen molar-refractivity contribution in [2.45, 2.75) is 6.54 Å². The lowest BCUT2D eigenvalue weighted by Crippen LogP contribution is -2.34. The Hall–Kier alpha value is -2.68. The molecular formula is C20H16ClN3O3S2. The van der Waals surface area contributed by atoms with E-state index in [1.807, 2.05) is 22.9 Å². The van der Waals surface area contributed by atoms with E-state index in [1.165, 1.54) is 22.2 Å². The Morgan fingerprint density at radius 1 is 1.21 bits per heavy atom. The van der Waals surface area contributed by atoms with Crippen LogP contribution in [0.5, 0.6) is 5.75 Å². The first-order valence-electron chi connectivity index (χ1n) is 8.77. The molecule has 3 aromatic heterocycles. The maximum absolute atomic E-state index is 12.9. The van der Waals surface area contributed by atoms with Gasteiger partial charge in [0.05, 0.1) is 18.3 Å². The summed E-state index contributed by atoms with van der Waals surface area (Å²) in [6.45, 7) is 0.542. The third-order valence-electron chi connectivity index (χ3n) is 4.17. The van der Waals surface area contributed by atoms with E-state index in [0.29, 0.717) is 34.1 Å². The van der Waals surface area contributed by atoms with Gasteiger partial charge in [0.25, 0.3) is 5.56 Å². The van der Waals surface area contributed by atoms with Crippen molar-refractivity contribution in [3.8, 4) is 16.2 Å². The van der Waals surface area contributed by atoms with Crippen LogP contribution < -0.4 is 15.6 Å². The number of benzene rings is 1. The van der Waals surface area contributed by atoms with E-state index >= 15 is 0 Å². The lowest BCUT2D eigenvalue weighted by Gasteiger charge is -2.09. The predicted molar refractivity (Wildman–Crippen MR) is 117 cm³/mol. The van der Waals surface area contributed by atoms with Gasteiger partial charge in [-0.05, 0) is 35.7 Å². The normalized spacial score (nSPS) is 10.9. The van der Waals surface area contributed by atoms with Gasteiger partial charge in [-0.15, -0.1) is 22.7 Å². The number of thiophene rings is 2. The Kier molecular flexibility index (Phi) is 5.94. The van der Waals surface area contributed by atoms with Crippen LogP contribution in [-0.4, -0.2) is 28.6 Å². The number of ether oxygens (including phenoxy) is 1. The van der Waals surface area contributed by atoms with Crippen LogP contribution in [0, 0.1) is 0 Å². The van der Waals surface area contributed by atoms with Gasteiger partial charge in [0.2, 0.25) is 5.91 Å². The monoisotopic (exact) mass is 445 g/mol. The first-order chi connectivity index (χ1) is 14.1. The highest BCUT2D eigenvalue weighted by atomic mass is 35.5. The topological polar surface area (TPSA) is 73.2 Å². The number of carbonyl (C=O) groups is 1. The standard InChI is InChI=1S/C20H16ClN3O3S2/c21-13-3-5-14(6-4-13)27-8-7-22-17(25)10-24-12-23-19-18(20(24)26)15(11-29-19)16-2-1-9-28-16/h1-6,9,11-12H,7-8,10H2,(H,22,25). The van der Waals surface area contributed by atoms with E-state index in [4.69, 9.17) is 16.3 Å². The van der Waals surface area contributed by atoms with Gasteiger partial charge in [0.1, 0.15) is 23.7 Å². The van der Waals surface area contributed by atoms with Gasteiger partial charge >= 0.3 is 0 Å². The second kappa shape index (κ2) is 8.77. The van der Waals surface area contributed by atoms with Crippen LogP contribution in [0.3, 0.4) is 0 Å². The quantitative estimate of drug-likeness (QED) is 0.436. The number of rotatable bonds is 7. The summed E-state index contributed by atoms with van der Waals surface area (Å²) in [5.74, 6) is 0.397. The van der Waals surface area contributed by atoms with Crippen LogP contribution in [0.25, 0.3) is 20.7 Å².